The van der Waals surface area contributed by atoms with Crippen molar-refractivity contribution in [2.75, 3.05) is 37.4 Å². The van der Waals surface area contributed by atoms with Gasteiger partial charge >= 0.3 is 0 Å². The van der Waals surface area contributed by atoms with Crippen LogP contribution in [0.2, 0.25) is 0 Å². The van der Waals surface area contributed by atoms with Crippen molar-refractivity contribution < 1.29 is 0 Å². The summed E-state index contributed by atoms with van der Waals surface area (Å²) in [5, 5.41) is 3.38. The molecule has 7 heteroatoms. The van der Waals surface area contributed by atoms with Crippen LogP contribution in [0.1, 0.15) is 43.0 Å². The molecule has 1 atom stereocenters. The number of rotatable bonds is 10. The van der Waals surface area contributed by atoms with E-state index >= 15 is 0 Å². The fraction of sp³-hybridized carbons (Fsp3) is 0.375. The van der Waals surface area contributed by atoms with Gasteiger partial charge in [-0.2, -0.15) is 4.98 Å². The third-order valence-electron chi connectivity index (χ3n) is 5.74. The SMILES string of the molecule is C=CN(C)CCN(C)c1ccnc(NC(C)c2cn(-c3cccc(C4CC4)c3)cn2)n1. The predicted octanol–water partition coefficient (Wildman–Crippen LogP) is 4.22. The van der Waals surface area contributed by atoms with Gasteiger partial charge in [-0.05, 0) is 55.6 Å². The van der Waals surface area contributed by atoms with Crippen LogP contribution in [0.25, 0.3) is 5.69 Å². The highest BCUT2D eigenvalue weighted by atomic mass is 15.2. The Labute approximate surface area is 184 Å². The van der Waals surface area contributed by atoms with Crippen LogP contribution < -0.4 is 10.2 Å². The van der Waals surface area contributed by atoms with Crippen LogP contribution in [0, 0.1) is 0 Å². The summed E-state index contributed by atoms with van der Waals surface area (Å²) in [6.45, 7) is 7.59. The Morgan fingerprint density at radius 2 is 2.06 bits per heavy atom. The minimum Gasteiger partial charge on any atom is -0.379 e. The lowest BCUT2D eigenvalue weighted by Crippen LogP contribution is -2.28. The molecule has 0 aliphatic heterocycles. The van der Waals surface area contributed by atoms with Gasteiger partial charge in [0.2, 0.25) is 5.95 Å². The third kappa shape index (κ3) is 5.23. The van der Waals surface area contributed by atoms with E-state index in [0.29, 0.717) is 5.95 Å². The van der Waals surface area contributed by atoms with Gasteiger partial charge in [0.1, 0.15) is 5.82 Å². The molecule has 1 aliphatic rings. The standard InChI is InChI=1S/C24H31N7/c1-5-29(3)13-14-30(4)23-11-12-25-24(28-23)27-18(2)22-16-31(17-26-22)21-8-6-7-20(15-21)19-9-10-19/h5-8,11-12,15-19H,1,9-10,13-14H2,2-4H3,(H,25,27,28). The van der Waals surface area contributed by atoms with E-state index in [4.69, 9.17) is 0 Å². The van der Waals surface area contributed by atoms with E-state index < -0.39 is 0 Å². The minimum absolute atomic E-state index is 0.0136. The fourth-order valence-corrected chi connectivity index (χ4v) is 3.47. The lowest BCUT2D eigenvalue weighted by molar-refractivity contribution is 0.464. The molecule has 0 radical (unpaired) electrons. The maximum atomic E-state index is 4.67. The fourth-order valence-electron chi connectivity index (χ4n) is 3.47. The molecular formula is C24H31N7. The zero-order chi connectivity index (χ0) is 21.8. The molecular weight excluding hydrogens is 386 g/mol. The Hall–Kier alpha value is -3.35. The molecule has 0 bridgehead atoms. The first-order chi connectivity index (χ1) is 15.0. The van der Waals surface area contributed by atoms with Crippen LogP contribution in [0.15, 0.2) is 61.8 Å². The van der Waals surface area contributed by atoms with Crippen molar-refractivity contribution in [3.63, 3.8) is 0 Å². The number of nitrogens with zero attached hydrogens (tertiary/aromatic N) is 6. The van der Waals surface area contributed by atoms with Crippen molar-refractivity contribution in [2.45, 2.75) is 31.7 Å². The Morgan fingerprint density at radius 1 is 1.23 bits per heavy atom. The molecule has 1 unspecified atom stereocenters. The van der Waals surface area contributed by atoms with Crippen molar-refractivity contribution in [2.24, 2.45) is 0 Å². The van der Waals surface area contributed by atoms with E-state index in [1.54, 1.807) is 6.20 Å². The highest BCUT2D eigenvalue weighted by Gasteiger charge is 2.23. The summed E-state index contributed by atoms with van der Waals surface area (Å²) in [6, 6.07) is 10.7. The molecule has 2 heterocycles. The zero-order valence-corrected chi connectivity index (χ0v) is 18.6. The molecule has 2 aromatic heterocycles. The first-order valence-electron chi connectivity index (χ1n) is 10.8. The molecule has 162 valence electrons. The highest BCUT2D eigenvalue weighted by molar-refractivity contribution is 5.43. The number of imidazole rings is 1. The van der Waals surface area contributed by atoms with Crippen LogP contribution in [0.4, 0.5) is 11.8 Å². The number of nitrogens with one attached hydrogen (secondary N) is 1. The number of aromatic nitrogens is 4. The van der Waals surface area contributed by atoms with E-state index in [2.05, 4.69) is 78.6 Å². The van der Waals surface area contributed by atoms with Crippen molar-refractivity contribution in [3.05, 3.63) is 73.1 Å². The summed E-state index contributed by atoms with van der Waals surface area (Å²) < 4.78 is 2.08. The first-order valence-corrected chi connectivity index (χ1v) is 10.8. The minimum atomic E-state index is -0.0136. The molecule has 1 N–H and O–H groups in total. The average Bonchev–Trinajstić information content (AvgIpc) is 3.53. The molecule has 31 heavy (non-hydrogen) atoms. The molecule has 1 aromatic carbocycles. The van der Waals surface area contributed by atoms with E-state index in [0.717, 1.165) is 36.2 Å². The Kier molecular flexibility index (Phi) is 6.21. The Morgan fingerprint density at radius 3 is 2.84 bits per heavy atom. The van der Waals surface area contributed by atoms with Crippen LogP contribution >= 0.6 is 0 Å². The molecule has 1 fully saturated rings. The van der Waals surface area contributed by atoms with Crippen molar-refractivity contribution in [3.8, 4) is 5.69 Å². The summed E-state index contributed by atoms with van der Waals surface area (Å²) in [5.41, 5.74) is 3.53. The summed E-state index contributed by atoms with van der Waals surface area (Å²) in [4.78, 5) is 17.8. The van der Waals surface area contributed by atoms with Gasteiger partial charge in [0.25, 0.3) is 0 Å². The van der Waals surface area contributed by atoms with Crippen LogP contribution in [-0.4, -0.2) is 51.6 Å². The average molecular weight is 418 g/mol. The van der Waals surface area contributed by atoms with Gasteiger partial charge in [-0.25, -0.2) is 9.97 Å². The van der Waals surface area contributed by atoms with Crippen LogP contribution in [-0.2, 0) is 0 Å². The molecule has 4 rings (SSSR count). The topological polar surface area (TPSA) is 62.1 Å². The highest BCUT2D eigenvalue weighted by Crippen LogP contribution is 2.40. The normalized spacial score (nSPS) is 14.2. The molecule has 0 amide bonds. The molecule has 0 saturated heterocycles. The second kappa shape index (κ2) is 9.20. The largest absolute Gasteiger partial charge is 0.379 e. The summed E-state index contributed by atoms with van der Waals surface area (Å²) in [5.74, 6) is 2.21. The van der Waals surface area contributed by atoms with Crippen molar-refractivity contribution >= 4 is 11.8 Å². The second-order valence-electron chi connectivity index (χ2n) is 8.26. The molecule has 7 nitrogen and oxygen atoms in total. The predicted molar refractivity (Wildman–Crippen MR) is 126 cm³/mol. The monoisotopic (exact) mass is 417 g/mol. The van der Waals surface area contributed by atoms with Gasteiger partial charge in [-0.3, -0.25) is 0 Å². The van der Waals surface area contributed by atoms with Gasteiger partial charge in [0, 0.05) is 45.3 Å². The van der Waals surface area contributed by atoms with E-state index in [-0.39, 0.29) is 6.04 Å². The molecule has 0 spiro atoms. The molecule has 1 aliphatic carbocycles. The van der Waals surface area contributed by atoms with Crippen LogP contribution in [0.3, 0.4) is 0 Å². The van der Waals surface area contributed by atoms with Crippen LogP contribution in [0.5, 0.6) is 0 Å². The summed E-state index contributed by atoms with van der Waals surface area (Å²) in [6.07, 6.45) is 10.2. The van der Waals surface area contributed by atoms with E-state index in [1.165, 1.54) is 18.4 Å². The maximum absolute atomic E-state index is 4.67. The zero-order valence-electron chi connectivity index (χ0n) is 18.6. The van der Waals surface area contributed by atoms with Crippen molar-refractivity contribution in [1.82, 2.24) is 24.4 Å². The second-order valence-corrected chi connectivity index (χ2v) is 8.26. The first kappa shape index (κ1) is 20.9. The van der Waals surface area contributed by atoms with Gasteiger partial charge in [-0.15, -0.1) is 0 Å². The number of likely N-dealkylation sites (N-methyl/N-ethyl adjacent to an activating group) is 2. The van der Waals surface area contributed by atoms with E-state index in [1.807, 2.05) is 32.7 Å². The maximum Gasteiger partial charge on any atom is 0.225 e. The third-order valence-corrected chi connectivity index (χ3v) is 5.74. The summed E-state index contributed by atoms with van der Waals surface area (Å²) >= 11 is 0. The van der Waals surface area contributed by atoms with Crippen molar-refractivity contribution in [1.29, 1.82) is 0 Å². The van der Waals surface area contributed by atoms with Gasteiger partial charge in [0.05, 0.1) is 18.1 Å². The Bertz CT molecular complexity index is 1020. The smallest absolute Gasteiger partial charge is 0.225 e. The number of benzene rings is 1. The lowest BCUT2D eigenvalue weighted by atomic mass is 10.1. The van der Waals surface area contributed by atoms with Gasteiger partial charge < -0.3 is 19.7 Å². The molecule has 1 saturated carbocycles. The number of hydrogen-bond acceptors (Lipinski definition) is 6. The lowest BCUT2D eigenvalue weighted by Gasteiger charge is -2.22. The number of anilines is 2. The Balaban J connectivity index is 1.41. The van der Waals surface area contributed by atoms with Gasteiger partial charge in [-0.1, -0.05) is 18.7 Å². The number of hydrogen-bond donors (Lipinski definition) is 1. The quantitative estimate of drug-likeness (QED) is 0.533. The van der Waals surface area contributed by atoms with E-state index in [9.17, 15) is 0 Å². The van der Waals surface area contributed by atoms with Gasteiger partial charge in [0.15, 0.2) is 0 Å². The summed E-state index contributed by atoms with van der Waals surface area (Å²) in [7, 11) is 4.04. The molecule has 3 aromatic rings.